The normalized spacial score (nSPS) is 21.5. The van der Waals surface area contributed by atoms with Gasteiger partial charge < -0.3 is 4.90 Å². The van der Waals surface area contributed by atoms with Crippen molar-refractivity contribution in [2.24, 2.45) is 0 Å². The van der Waals surface area contributed by atoms with Crippen LogP contribution in [0.2, 0.25) is 0 Å². The number of benzene rings is 2. The van der Waals surface area contributed by atoms with Gasteiger partial charge in [-0.15, -0.1) is 0 Å². The maximum absolute atomic E-state index is 5.11. The van der Waals surface area contributed by atoms with E-state index in [1.54, 1.807) is 0 Å². The van der Waals surface area contributed by atoms with Crippen LogP contribution in [0.3, 0.4) is 0 Å². The summed E-state index contributed by atoms with van der Waals surface area (Å²) in [5.74, 6) is 2.09. The summed E-state index contributed by atoms with van der Waals surface area (Å²) < 4.78 is 0. The van der Waals surface area contributed by atoms with Crippen LogP contribution in [-0.2, 0) is 19.4 Å². The summed E-state index contributed by atoms with van der Waals surface area (Å²) in [4.78, 5) is 17.9. The Balaban J connectivity index is 1.12. The Bertz CT molecular complexity index is 1080. The van der Waals surface area contributed by atoms with Gasteiger partial charge in [-0.1, -0.05) is 60.7 Å². The second kappa shape index (κ2) is 9.24. The van der Waals surface area contributed by atoms with E-state index < -0.39 is 0 Å². The summed E-state index contributed by atoms with van der Waals surface area (Å²) in [5, 5.41) is 0. The number of aryl methyl sites for hydroxylation is 1. The van der Waals surface area contributed by atoms with E-state index in [4.69, 9.17) is 9.97 Å². The average Bonchev–Trinajstić information content (AvgIpc) is 3.54. The monoisotopic (exact) mass is 439 g/mol. The van der Waals surface area contributed by atoms with Gasteiger partial charge in [0.15, 0.2) is 5.82 Å². The van der Waals surface area contributed by atoms with Crippen LogP contribution in [0.4, 0.5) is 5.82 Å². The molecule has 5 heteroatoms. The Labute approximate surface area is 197 Å². The summed E-state index contributed by atoms with van der Waals surface area (Å²) in [5.41, 5.74) is 5.22. The van der Waals surface area contributed by atoms with Crippen LogP contribution in [0.5, 0.6) is 0 Å². The van der Waals surface area contributed by atoms with Crippen LogP contribution in [0.15, 0.2) is 60.7 Å². The number of hydrogen-bond acceptors (Lipinski definition) is 5. The molecule has 0 radical (unpaired) electrons. The summed E-state index contributed by atoms with van der Waals surface area (Å²) in [7, 11) is 0. The van der Waals surface area contributed by atoms with Gasteiger partial charge in [0, 0.05) is 68.7 Å². The molecule has 3 aliphatic rings. The van der Waals surface area contributed by atoms with Gasteiger partial charge in [-0.05, 0) is 31.2 Å². The SMILES string of the molecule is c1ccc(CN2CCC(N3CCN(c4nc(-c5ccccc5)nc5c4CCC5)CC3)C2)cc1. The quantitative estimate of drug-likeness (QED) is 0.600. The lowest BCUT2D eigenvalue weighted by atomic mass is 10.1. The maximum Gasteiger partial charge on any atom is 0.161 e. The van der Waals surface area contributed by atoms with Gasteiger partial charge in [-0.25, -0.2) is 9.97 Å². The lowest BCUT2D eigenvalue weighted by Crippen LogP contribution is -2.51. The van der Waals surface area contributed by atoms with Crippen molar-refractivity contribution < 1.29 is 0 Å². The average molecular weight is 440 g/mol. The van der Waals surface area contributed by atoms with Gasteiger partial charge >= 0.3 is 0 Å². The molecular weight excluding hydrogens is 406 g/mol. The van der Waals surface area contributed by atoms with E-state index in [0.717, 1.165) is 57.0 Å². The van der Waals surface area contributed by atoms with E-state index in [1.165, 1.54) is 48.6 Å². The smallest absolute Gasteiger partial charge is 0.161 e. The largest absolute Gasteiger partial charge is 0.354 e. The maximum atomic E-state index is 5.11. The Morgan fingerprint density at radius 2 is 1.55 bits per heavy atom. The molecule has 2 aromatic carbocycles. The standard InChI is InChI=1S/C28H33N5/c1-3-8-22(9-4-1)20-31-15-14-24(21-31)32-16-18-33(19-17-32)28-25-12-7-13-26(25)29-27(30-28)23-10-5-2-6-11-23/h1-6,8-11,24H,7,12-21H2. The Kier molecular flexibility index (Phi) is 5.83. The van der Waals surface area contributed by atoms with Crippen molar-refractivity contribution in [3.05, 3.63) is 77.5 Å². The molecule has 0 saturated carbocycles. The third kappa shape index (κ3) is 4.40. The number of piperazine rings is 1. The highest BCUT2D eigenvalue weighted by Crippen LogP contribution is 2.32. The highest BCUT2D eigenvalue weighted by molar-refractivity contribution is 5.61. The van der Waals surface area contributed by atoms with Gasteiger partial charge in [0.1, 0.15) is 5.82 Å². The van der Waals surface area contributed by atoms with Crippen molar-refractivity contribution in [3.63, 3.8) is 0 Å². The zero-order valence-corrected chi connectivity index (χ0v) is 19.4. The molecule has 0 spiro atoms. The zero-order valence-electron chi connectivity index (χ0n) is 19.4. The highest BCUT2D eigenvalue weighted by atomic mass is 15.3. The van der Waals surface area contributed by atoms with E-state index >= 15 is 0 Å². The van der Waals surface area contributed by atoms with Crippen LogP contribution in [0.1, 0.15) is 29.7 Å². The molecule has 0 N–H and O–H groups in total. The van der Waals surface area contributed by atoms with Crippen LogP contribution in [0, 0.1) is 0 Å². The van der Waals surface area contributed by atoms with E-state index in [1.807, 2.05) is 0 Å². The van der Waals surface area contributed by atoms with Crippen molar-refractivity contribution in [1.29, 1.82) is 0 Å². The van der Waals surface area contributed by atoms with Crippen LogP contribution >= 0.6 is 0 Å². The third-order valence-corrected chi connectivity index (χ3v) is 7.57. The predicted molar refractivity (Wildman–Crippen MR) is 133 cm³/mol. The minimum absolute atomic E-state index is 0.687. The molecule has 2 fully saturated rings. The number of nitrogens with zero attached hydrogens (tertiary/aromatic N) is 5. The number of anilines is 1. The molecule has 1 unspecified atom stereocenters. The Morgan fingerprint density at radius 3 is 2.33 bits per heavy atom. The molecule has 5 nitrogen and oxygen atoms in total. The predicted octanol–water partition coefficient (Wildman–Crippen LogP) is 4.03. The highest BCUT2D eigenvalue weighted by Gasteiger charge is 2.31. The number of rotatable bonds is 5. The molecule has 1 aliphatic carbocycles. The van der Waals surface area contributed by atoms with Crippen molar-refractivity contribution in [1.82, 2.24) is 19.8 Å². The summed E-state index contributed by atoms with van der Waals surface area (Å²) in [6, 6.07) is 22.0. The topological polar surface area (TPSA) is 35.5 Å². The molecule has 3 heterocycles. The van der Waals surface area contributed by atoms with Crippen LogP contribution < -0.4 is 4.90 Å². The molecule has 170 valence electrons. The molecule has 6 rings (SSSR count). The number of aromatic nitrogens is 2. The molecule has 2 aliphatic heterocycles. The van der Waals surface area contributed by atoms with Gasteiger partial charge in [-0.2, -0.15) is 0 Å². The number of likely N-dealkylation sites (tertiary alicyclic amines) is 1. The molecule has 0 bridgehead atoms. The van der Waals surface area contributed by atoms with Crippen molar-refractivity contribution in [2.75, 3.05) is 44.2 Å². The van der Waals surface area contributed by atoms with Crippen LogP contribution in [-0.4, -0.2) is 65.1 Å². The van der Waals surface area contributed by atoms with Gasteiger partial charge in [-0.3, -0.25) is 9.80 Å². The van der Waals surface area contributed by atoms with Crippen molar-refractivity contribution in [3.8, 4) is 11.4 Å². The second-order valence-corrected chi connectivity index (χ2v) is 9.70. The first-order valence-electron chi connectivity index (χ1n) is 12.5. The van der Waals surface area contributed by atoms with Crippen molar-refractivity contribution >= 4 is 5.82 Å². The number of fused-ring (bicyclic) bond motifs is 1. The summed E-state index contributed by atoms with van der Waals surface area (Å²) in [6.07, 6.45) is 4.70. The Hall–Kier alpha value is -2.76. The van der Waals surface area contributed by atoms with E-state index in [-0.39, 0.29) is 0 Å². The summed E-state index contributed by atoms with van der Waals surface area (Å²) >= 11 is 0. The molecule has 1 aromatic heterocycles. The minimum Gasteiger partial charge on any atom is -0.354 e. The van der Waals surface area contributed by atoms with Gasteiger partial charge in [0.2, 0.25) is 0 Å². The molecule has 1 atom stereocenters. The first kappa shape index (κ1) is 20.8. The molecule has 2 saturated heterocycles. The minimum atomic E-state index is 0.687. The zero-order chi connectivity index (χ0) is 22.0. The van der Waals surface area contributed by atoms with E-state index in [9.17, 15) is 0 Å². The Morgan fingerprint density at radius 1 is 0.788 bits per heavy atom. The van der Waals surface area contributed by atoms with Gasteiger partial charge in [0.25, 0.3) is 0 Å². The molecule has 33 heavy (non-hydrogen) atoms. The van der Waals surface area contributed by atoms with E-state index in [0.29, 0.717) is 6.04 Å². The lowest BCUT2D eigenvalue weighted by molar-refractivity contribution is 0.181. The first-order chi connectivity index (χ1) is 16.3. The second-order valence-electron chi connectivity index (χ2n) is 9.70. The molecule has 0 amide bonds. The van der Waals surface area contributed by atoms with E-state index in [2.05, 4.69) is 75.4 Å². The fourth-order valence-corrected chi connectivity index (χ4v) is 5.78. The van der Waals surface area contributed by atoms with Gasteiger partial charge in [0.05, 0.1) is 0 Å². The third-order valence-electron chi connectivity index (χ3n) is 7.57. The molecular formula is C28H33N5. The fourth-order valence-electron chi connectivity index (χ4n) is 5.78. The van der Waals surface area contributed by atoms with Crippen molar-refractivity contribution in [2.45, 2.75) is 38.3 Å². The van der Waals surface area contributed by atoms with Crippen LogP contribution in [0.25, 0.3) is 11.4 Å². The lowest BCUT2D eigenvalue weighted by Gasteiger charge is -2.39. The fraction of sp³-hybridized carbons (Fsp3) is 0.429. The summed E-state index contributed by atoms with van der Waals surface area (Å²) in [6.45, 7) is 7.86. The first-order valence-corrected chi connectivity index (χ1v) is 12.5. The number of hydrogen-bond donors (Lipinski definition) is 0. The molecule has 3 aromatic rings.